The van der Waals surface area contributed by atoms with Gasteiger partial charge in [0.1, 0.15) is 12.4 Å². The predicted octanol–water partition coefficient (Wildman–Crippen LogP) is 3.10. The summed E-state index contributed by atoms with van der Waals surface area (Å²) in [5.41, 5.74) is 0.325. The molecule has 114 valence electrons. The van der Waals surface area contributed by atoms with Crippen LogP contribution in [0.4, 0.5) is 10.1 Å². The number of halogens is 1. The second kappa shape index (κ2) is 6.66. The van der Waals surface area contributed by atoms with Gasteiger partial charge in [-0.05, 0) is 29.8 Å². The van der Waals surface area contributed by atoms with Crippen LogP contribution in [0.1, 0.15) is 15.9 Å². The SMILES string of the molecule is COc1ccc(C(=O)OCc2ccc(F)cc2)cc1[N+](=O)[O-]. The number of nitrogens with zero attached hydrogens (tertiary/aromatic N) is 1. The lowest BCUT2D eigenvalue weighted by atomic mass is 10.2. The molecule has 2 aromatic rings. The largest absolute Gasteiger partial charge is 0.490 e. The summed E-state index contributed by atoms with van der Waals surface area (Å²) in [4.78, 5) is 22.2. The number of hydrogen-bond donors (Lipinski definition) is 0. The van der Waals surface area contributed by atoms with Crippen molar-refractivity contribution in [3.63, 3.8) is 0 Å². The zero-order valence-electron chi connectivity index (χ0n) is 11.6. The Balaban J connectivity index is 2.10. The van der Waals surface area contributed by atoms with E-state index in [2.05, 4.69) is 0 Å². The third kappa shape index (κ3) is 3.57. The van der Waals surface area contributed by atoms with Gasteiger partial charge in [-0.1, -0.05) is 12.1 Å². The van der Waals surface area contributed by atoms with Crippen LogP contribution in [0, 0.1) is 15.9 Å². The molecular weight excluding hydrogens is 293 g/mol. The molecule has 0 unspecified atom stereocenters. The van der Waals surface area contributed by atoms with Crippen LogP contribution in [0.25, 0.3) is 0 Å². The minimum atomic E-state index is -0.713. The van der Waals surface area contributed by atoms with E-state index < -0.39 is 10.9 Å². The van der Waals surface area contributed by atoms with Crippen molar-refractivity contribution in [1.29, 1.82) is 0 Å². The quantitative estimate of drug-likeness (QED) is 0.482. The molecule has 0 spiro atoms. The average molecular weight is 305 g/mol. The van der Waals surface area contributed by atoms with Gasteiger partial charge in [-0.15, -0.1) is 0 Å². The van der Waals surface area contributed by atoms with Crippen molar-refractivity contribution >= 4 is 11.7 Å². The normalized spacial score (nSPS) is 10.1. The lowest BCUT2D eigenvalue weighted by molar-refractivity contribution is -0.385. The summed E-state index contributed by atoms with van der Waals surface area (Å²) in [6, 6.07) is 9.26. The number of nitro groups is 1. The van der Waals surface area contributed by atoms with Gasteiger partial charge in [0.2, 0.25) is 0 Å². The number of rotatable bonds is 5. The first-order chi connectivity index (χ1) is 10.5. The Bertz CT molecular complexity index is 700. The molecule has 7 heteroatoms. The number of carbonyl (C=O) groups is 1. The topological polar surface area (TPSA) is 78.7 Å². The Hall–Kier alpha value is -2.96. The van der Waals surface area contributed by atoms with Crippen molar-refractivity contribution in [3.8, 4) is 5.75 Å². The number of ether oxygens (including phenoxy) is 2. The van der Waals surface area contributed by atoms with E-state index in [4.69, 9.17) is 9.47 Å². The van der Waals surface area contributed by atoms with Crippen molar-refractivity contribution < 1.29 is 23.6 Å². The maximum absolute atomic E-state index is 12.8. The highest BCUT2D eigenvalue weighted by molar-refractivity contribution is 5.90. The van der Waals surface area contributed by atoms with E-state index >= 15 is 0 Å². The molecule has 0 saturated carbocycles. The zero-order valence-corrected chi connectivity index (χ0v) is 11.6. The molecule has 0 N–H and O–H groups in total. The number of nitro benzene ring substituents is 1. The Kier molecular flexibility index (Phi) is 4.67. The van der Waals surface area contributed by atoms with Gasteiger partial charge in [0.05, 0.1) is 17.6 Å². The summed E-state index contributed by atoms with van der Waals surface area (Å²) in [6.07, 6.45) is 0. The maximum Gasteiger partial charge on any atom is 0.338 e. The van der Waals surface area contributed by atoms with Gasteiger partial charge in [-0.3, -0.25) is 10.1 Å². The third-order valence-electron chi connectivity index (χ3n) is 2.89. The van der Waals surface area contributed by atoms with Crippen LogP contribution in [0.2, 0.25) is 0 Å². The molecule has 0 bridgehead atoms. The molecule has 0 aliphatic rings. The first-order valence-corrected chi connectivity index (χ1v) is 6.25. The van der Waals surface area contributed by atoms with Gasteiger partial charge in [-0.25, -0.2) is 9.18 Å². The molecule has 0 amide bonds. The standard InChI is InChI=1S/C15H12FNO5/c1-21-14-7-4-11(8-13(14)17(19)20)15(18)22-9-10-2-5-12(16)6-3-10/h2-8H,9H2,1H3. The number of carbonyl (C=O) groups excluding carboxylic acids is 1. The van der Waals surface area contributed by atoms with Gasteiger partial charge in [0.25, 0.3) is 0 Å². The van der Waals surface area contributed by atoms with Crippen molar-refractivity contribution in [1.82, 2.24) is 0 Å². The molecule has 6 nitrogen and oxygen atoms in total. The van der Waals surface area contributed by atoms with Gasteiger partial charge in [0.15, 0.2) is 5.75 Å². The van der Waals surface area contributed by atoms with Crippen molar-refractivity contribution in [2.45, 2.75) is 6.61 Å². The molecule has 0 aliphatic heterocycles. The van der Waals surface area contributed by atoms with E-state index in [0.717, 1.165) is 6.07 Å². The Morgan fingerprint density at radius 3 is 2.50 bits per heavy atom. The predicted molar refractivity (Wildman–Crippen MR) is 75.2 cm³/mol. The molecule has 0 saturated heterocycles. The highest BCUT2D eigenvalue weighted by atomic mass is 19.1. The van der Waals surface area contributed by atoms with E-state index in [1.807, 2.05) is 0 Å². The van der Waals surface area contributed by atoms with E-state index in [0.29, 0.717) is 5.56 Å². The molecule has 0 radical (unpaired) electrons. The van der Waals surface area contributed by atoms with E-state index in [1.54, 1.807) is 0 Å². The van der Waals surface area contributed by atoms with Crippen molar-refractivity contribution in [2.75, 3.05) is 7.11 Å². The zero-order chi connectivity index (χ0) is 16.1. The highest BCUT2D eigenvalue weighted by Crippen LogP contribution is 2.27. The molecule has 0 aliphatic carbocycles. The van der Waals surface area contributed by atoms with E-state index in [-0.39, 0.29) is 29.4 Å². The summed E-state index contributed by atoms with van der Waals surface area (Å²) in [7, 11) is 1.30. The molecular formula is C15H12FNO5. The maximum atomic E-state index is 12.8. The average Bonchev–Trinajstić information content (AvgIpc) is 2.53. The lowest BCUT2D eigenvalue weighted by Crippen LogP contribution is -2.06. The van der Waals surface area contributed by atoms with Crippen LogP contribution in [0.15, 0.2) is 42.5 Å². The lowest BCUT2D eigenvalue weighted by Gasteiger charge is -2.06. The summed E-state index contributed by atoms with van der Waals surface area (Å²) in [5.74, 6) is -1.05. The van der Waals surface area contributed by atoms with Crippen LogP contribution < -0.4 is 4.74 Å². The number of esters is 1. The van der Waals surface area contributed by atoms with E-state index in [1.165, 1.54) is 43.5 Å². The second-order valence-electron chi connectivity index (χ2n) is 4.35. The first-order valence-electron chi connectivity index (χ1n) is 6.25. The fourth-order valence-corrected chi connectivity index (χ4v) is 1.77. The molecule has 0 atom stereocenters. The minimum Gasteiger partial charge on any atom is -0.490 e. The van der Waals surface area contributed by atoms with E-state index in [9.17, 15) is 19.3 Å². The Morgan fingerprint density at radius 1 is 1.23 bits per heavy atom. The summed E-state index contributed by atoms with van der Waals surface area (Å²) < 4.78 is 22.6. The van der Waals surface area contributed by atoms with Crippen LogP contribution in [-0.4, -0.2) is 18.0 Å². The van der Waals surface area contributed by atoms with Crippen LogP contribution in [0.3, 0.4) is 0 Å². The van der Waals surface area contributed by atoms with Gasteiger partial charge >= 0.3 is 11.7 Å². The summed E-state index contributed by atoms with van der Waals surface area (Å²) >= 11 is 0. The first kappa shape index (κ1) is 15.4. The fourth-order valence-electron chi connectivity index (χ4n) is 1.77. The summed E-state index contributed by atoms with van der Waals surface area (Å²) in [5, 5.41) is 10.9. The minimum absolute atomic E-state index is 0.0367. The molecule has 22 heavy (non-hydrogen) atoms. The van der Waals surface area contributed by atoms with Crippen molar-refractivity contribution in [2.24, 2.45) is 0 Å². The third-order valence-corrected chi connectivity index (χ3v) is 2.89. The second-order valence-corrected chi connectivity index (χ2v) is 4.35. The van der Waals surface area contributed by atoms with Crippen molar-refractivity contribution in [3.05, 3.63) is 69.5 Å². The number of benzene rings is 2. The highest BCUT2D eigenvalue weighted by Gasteiger charge is 2.18. The van der Waals surface area contributed by atoms with Crippen LogP contribution in [0.5, 0.6) is 5.75 Å². The van der Waals surface area contributed by atoms with Crippen LogP contribution in [-0.2, 0) is 11.3 Å². The number of hydrogen-bond acceptors (Lipinski definition) is 5. The number of methoxy groups -OCH3 is 1. The molecule has 0 heterocycles. The summed E-state index contributed by atoms with van der Waals surface area (Å²) in [6.45, 7) is -0.0566. The molecule has 2 rings (SSSR count). The van der Waals surface area contributed by atoms with Gasteiger partial charge in [0, 0.05) is 6.07 Å². The van der Waals surface area contributed by atoms with Gasteiger partial charge < -0.3 is 9.47 Å². The molecule has 0 aromatic heterocycles. The van der Waals surface area contributed by atoms with Gasteiger partial charge in [-0.2, -0.15) is 0 Å². The fraction of sp³-hybridized carbons (Fsp3) is 0.133. The molecule has 2 aromatic carbocycles. The van der Waals surface area contributed by atoms with Crippen LogP contribution >= 0.6 is 0 Å². The smallest absolute Gasteiger partial charge is 0.338 e. The Morgan fingerprint density at radius 2 is 1.91 bits per heavy atom. The Labute approximate surface area is 125 Å². The molecule has 0 fully saturated rings. The monoisotopic (exact) mass is 305 g/mol.